The van der Waals surface area contributed by atoms with Gasteiger partial charge < -0.3 is 15.5 Å². The maximum atomic E-state index is 13.5. The van der Waals surface area contributed by atoms with E-state index in [4.69, 9.17) is 0 Å². The summed E-state index contributed by atoms with van der Waals surface area (Å²) in [4.78, 5) is 15.8. The third kappa shape index (κ3) is 3.81. The molecule has 0 aromatic rings. The van der Waals surface area contributed by atoms with Crippen LogP contribution in [0.3, 0.4) is 0 Å². The largest absolute Gasteiger partial charge is 0.316 e. The topological polar surface area (TPSA) is 44.4 Å². The van der Waals surface area contributed by atoms with Crippen LogP contribution in [-0.4, -0.2) is 56.5 Å². The van der Waals surface area contributed by atoms with E-state index in [2.05, 4.69) is 50.4 Å². The molecule has 0 aromatic heterocycles. The van der Waals surface area contributed by atoms with Crippen LogP contribution in [0, 0.1) is 22.7 Å². The Morgan fingerprint density at radius 2 is 1.72 bits per heavy atom. The first-order chi connectivity index (χ1) is 11.7. The second kappa shape index (κ2) is 7.28. The van der Waals surface area contributed by atoms with Crippen molar-refractivity contribution in [2.45, 2.75) is 71.4 Å². The van der Waals surface area contributed by atoms with E-state index in [0.29, 0.717) is 17.2 Å². The van der Waals surface area contributed by atoms with Gasteiger partial charge in [-0.3, -0.25) is 4.79 Å². The summed E-state index contributed by atoms with van der Waals surface area (Å²) in [6.07, 6.45) is 7.34. The molecule has 2 N–H and O–H groups in total. The van der Waals surface area contributed by atoms with Crippen molar-refractivity contribution >= 4 is 5.78 Å². The highest BCUT2D eigenvalue weighted by Gasteiger charge is 2.50. The molecule has 2 aliphatic heterocycles. The van der Waals surface area contributed by atoms with Crippen LogP contribution in [0.5, 0.6) is 0 Å². The highest BCUT2D eigenvalue weighted by Crippen LogP contribution is 2.52. The SMILES string of the molecule is CN(C)C1CCN[C@@H]1C(=O)C1CNCCC12CCC(C(C)(C)C)CC2. The molecule has 0 amide bonds. The number of hydrogen-bond acceptors (Lipinski definition) is 4. The van der Waals surface area contributed by atoms with Crippen molar-refractivity contribution in [2.24, 2.45) is 22.7 Å². The van der Waals surface area contributed by atoms with Crippen LogP contribution in [0.15, 0.2) is 0 Å². The van der Waals surface area contributed by atoms with Gasteiger partial charge in [0.2, 0.25) is 0 Å². The van der Waals surface area contributed by atoms with Crippen molar-refractivity contribution in [2.75, 3.05) is 33.7 Å². The quantitative estimate of drug-likeness (QED) is 0.822. The monoisotopic (exact) mass is 349 g/mol. The van der Waals surface area contributed by atoms with Crippen molar-refractivity contribution in [3.63, 3.8) is 0 Å². The van der Waals surface area contributed by atoms with Gasteiger partial charge in [-0.2, -0.15) is 0 Å². The van der Waals surface area contributed by atoms with E-state index in [1.807, 2.05) is 0 Å². The Morgan fingerprint density at radius 1 is 1.04 bits per heavy atom. The Morgan fingerprint density at radius 3 is 2.32 bits per heavy atom. The Balaban J connectivity index is 1.74. The van der Waals surface area contributed by atoms with Crippen molar-refractivity contribution in [1.82, 2.24) is 15.5 Å². The van der Waals surface area contributed by atoms with Crippen LogP contribution in [-0.2, 0) is 4.79 Å². The summed E-state index contributed by atoms with van der Waals surface area (Å²) in [5, 5.41) is 7.06. The first-order valence-electron chi connectivity index (χ1n) is 10.4. The van der Waals surface area contributed by atoms with Gasteiger partial charge in [0.05, 0.1) is 6.04 Å². The maximum Gasteiger partial charge on any atom is 0.156 e. The second-order valence-corrected chi connectivity index (χ2v) is 10.2. The molecule has 4 nitrogen and oxygen atoms in total. The Labute approximate surface area is 154 Å². The first kappa shape index (κ1) is 19.3. The number of carbonyl (C=O) groups is 1. The molecule has 0 bridgehead atoms. The second-order valence-electron chi connectivity index (χ2n) is 10.2. The van der Waals surface area contributed by atoms with Gasteiger partial charge in [-0.25, -0.2) is 0 Å². The number of carbonyl (C=O) groups excluding carboxylic acids is 1. The molecule has 2 heterocycles. The molecule has 1 aliphatic carbocycles. The van der Waals surface area contributed by atoms with Crippen LogP contribution in [0.2, 0.25) is 0 Å². The molecule has 144 valence electrons. The number of nitrogens with one attached hydrogen (secondary N) is 2. The zero-order valence-electron chi connectivity index (χ0n) is 17.0. The Kier molecular flexibility index (Phi) is 5.63. The summed E-state index contributed by atoms with van der Waals surface area (Å²) in [6, 6.07) is 0.384. The fourth-order valence-corrected chi connectivity index (χ4v) is 5.79. The van der Waals surface area contributed by atoms with Crippen molar-refractivity contribution < 1.29 is 4.79 Å². The number of Topliss-reactive ketones (excluding diaryl/α,β-unsaturated/α-hetero) is 1. The first-order valence-corrected chi connectivity index (χ1v) is 10.4. The fourth-order valence-electron chi connectivity index (χ4n) is 5.79. The molecule has 25 heavy (non-hydrogen) atoms. The third-order valence-electron chi connectivity index (χ3n) is 7.60. The number of hydrogen-bond donors (Lipinski definition) is 2. The van der Waals surface area contributed by atoms with E-state index in [9.17, 15) is 4.79 Å². The molecule has 1 spiro atoms. The minimum absolute atomic E-state index is 0.0251. The molecule has 0 radical (unpaired) electrons. The lowest BCUT2D eigenvalue weighted by Crippen LogP contribution is -2.57. The van der Waals surface area contributed by atoms with Crippen LogP contribution in [0.4, 0.5) is 0 Å². The molecule has 3 fully saturated rings. The van der Waals surface area contributed by atoms with E-state index in [1.54, 1.807) is 0 Å². The molecule has 1 saturated carbocycles. The predicted octanol–water partition coefficient (Wildman–Crippen LogP) is 2.68. The van der Waals surface area contributed by atoms with E-state index in [-0.39, 0.29) is 17.4 Å². The summed E-state index contributed by atoms with van der Waals surface area (Å²) in [7, 11) is 4.22. The molecule has 3 atom stereocenters. The fraction of sp³-hybridized carbons (Fsp3) is 0.952. The standard InChI is InChI=1S/C21H39N3O/c1-20(2,3)15-6-9-21(10-7-15)11-13-22-14-16(21)19(25)18-17(24(4)5)8-12-23-18/h15-18,22-23H,6-14H2,1-5H3/t15?,16?,17?,18-,21?/m0/s1. The molecule has 2 unspecified atom stereocenters. The van der Waals surface area contributed by atoms with Crippen molar-refractivity contribution in [1.29, 1.82) is 0 Å². The number of piperidine rings is 1. The van der Waals surface area contributed by atoms with Crippen LogP contribution < -0.4 is 10.6 Å². The maximum absolute atomic E-state index is 13.5. The lowest BCUT2D eigenvalue weighted by atomic mass is 9.56. The van der Waals surface area contributed by atoms with Gasteiger partial charge in [-0.15, -0.1) is 0 Å². The molecule has 0 aromatic carbocycles. The van der Waals surface area contributed by atoms with Gasteiger partial charge in [0.1, 0.15) is 0 Å². The van der Waals surface area contributed by atoms with E-state index < -0.39 is 0 Å². The average molecular weight is 350 g/mol. The summed E-state index contributed by atoms with van der Waals surface area (Å²) < 4.78 is 0. The van der Waals surface area contributed by atoms with Crippen LogP contribution >= 0.6 is 0 Å². The normalized spacial score (nSPS) is 39.9. The Hall–Kier alpha value is -0.450. The number of ketones is 1. The lowest BCUT2D eigenvalue weighted by Gasteiger charge is -2.50. The van der Waals surface area contributed by atoms with Gasteiger partial charge in [0, 0.05) is 18.5 Å². The van der Waals surface area contributed by atoms with Gasteiger partial charge in [0.15, 0.2) is 5.78 Å². The summed E-state index contributed by atoms with van der Waals surface area (Å²) in [6.45, 7) is 10.1. The van der Waals surface area contributed by atoms with Gasteiger partial charge in [-0.1, -0.05) is 20.8 Å². The molecule has 3 aliphatic rings. The smallest absolute Gasteiger partial charge is 0.156 e. The summed E-state index contributed by atoms with van der Waals surface area (Å²) >= 11 is 0. The van der Waals surface area contributed by atoms with E-state index >= 15 is 0 Å². The zero-order valence-corrected chi connectivity index (χ0v) is 17.0. The molecular weight excluding hydrogens is 310 g/mol. The van der Waals surface area contributed by atoms with Gasteiger partial charge in [-0.05, 0) is 82.5 Å². The highest BCUT2D eigenvalue weighted by atomic mass is 16.1. The number of rotatable bonds is 3. The van der Waals surface area contributed by atoms with E-state index in [0.717, 1.165) is 32.0 Å². The minimum Gasteiger partial charge on any atom is -0.316 e. The minimum atomic E-state index is 0.0251. The highest BCUT2D eigenvalue weighted by molar-refractivity contribution is 5.88. The predicted molar refractivity (Wildman–Crippen MR) is 104 cm³/mol. The van der Waals surface area contributed by atoms with Crippen molar-refractivity contribution in [3.05, 3.63) is 0 Å². The summed E-state index contributed by atoms with van der Waals surface area (Å²) in [5.74, 6) is 1.49. The zero-order chi connectivity index (χ0) is 18.2. The van der Waals surface area contributed by atoms with Crippen LogP contribution in [0.1, 0.15) is 59.3 Å². The van der Waals surface area contributed by atoms with Crippen molar-refractivity contribution in [3.8, 4) is 0 Å². The van der Waals surface area contributed by atoms with E-state index in [1.165, 1.54) is 32.1 Å². The van der Waals surface area contributed by atoms with Crippen LogP contribution in [0.25, 0.3) is 0 Å². The lowest BCUT2D eigenvalue weighted by molar-refractivity contribution is -0.133. The molecule has 3 rings (SSSR count). The number of likely N-dealkylation sites (N-methyl/N-ethyl adjacent to an activating group) is 1. The molecular formula is C21H39N3O. The van der Waals surface area contributed by atoms with Gasteiger partial charge in [0.25, 0.3) is 0 Å². The Bertz CT molecular complexity index is 474. The molecule has 2 saturated heterocycles. The molecule has 4 heteroatoms. The average Bonchev–Trinajstić information content (AvgIpc) is 3.04. The third-order valence-corrected chi connectivity index (χ3v) is 7.60. The van der Waals surface area contributed by atoms with Gasteiger partial charge >= 0.3 is 0 Å². The number of nitrogens with zero attached hydrogens (tertiary/aromatic N) is 1. The summed E-state index contributed by atoms with van der Waals surface area (Å²) in [5.41, 5.74) is 0.655.